The fraction of sp³-hybridized carbons (Fsp3) is 0.357. The minimum atomic E-state index is -0.680. The predicted octanol–water partition coefficient (Wildman–Crippen LogP) is 0.248. The van der Waals surface area contributed by atoms with Crippen molar-refractivity contribution in [3.8, 4) is 5.69 Å². The Balaban J connectivity index is 1.80. The maximum absolute atomic E-state index is 12.4. The van der Waals surface area contributed by atoms with Crippen LogP contribution in [0.4, 0.5) is 4.79 Å². The third kappa shape index (κ3) is 3.16. The van der Waals surface area contributed by atoms with Gasteiger partial charge in [-0.25, -0.2) is 9.59 Å². The van der Waals surface area contributed by atoms with Crippen molar-refractivity contribution in [1.82, 2.24) is 24.7 Å². The van der Waals surface area contributed by atoms with E-state index in [0.29, 0.717) is 34.9 Å². The molecule has 1 fully saturated rings. The summed E-state index contributed by atoms with van der Waals surface area (Å²) in [6, 6.07) is 5.94. The van der Waals surface area contributed by atoms with Gasteiger partial charge in [0.1, 0.15) is 0 Å². The molecule has 0 saturated carbocycles. The number of nitrogens with zero attached hydrogens (tertiary/aromatic N) is 5. The Morgan fingerprint density at radius 3 is 2.83 bits per heavy atom. The van der Waals surface area contributed by atoms with Gasteiger partial charge >= 0.3 is 11.7 Å². The molecule has 0 unspecified atom stereocenters. The molecule has 1 aliphatic rings. The third-order valence-corrected chi connectivity index (χ3v) is 4.10. The maximum atomic E-state index is 12.4. The van der Waals surface area contributed by atoms with Crippen LogP contribution in [-0.2, 0) is 4.79 Å². The molecule has 2 heterocycles. The molecule has 9 nitrogen and oxygen atoms in total. The van der Waals surface area contributed by atoms with Gasteiger partial charge in [0.2, 0.25) is 5.91 Å². The first-order chi connectivity index (χ1) is 11.5. The van der Waals surface area contributed by atoms with E-state index < -0.39 is 17.6 Å². The molecular weight excluding hydrogens is 336 g/mol. The van der Waals surface area contributed by atoms with Crippen LogP contribution in [0.1, 0.15) is 12.8 Å². The Morgan fingerprint density at radius 2 is 2.12 bits per heavy atom. The largest absolute Gasteiger partial charge is 0.377 e. The second-order valence-electron chi connectivity index (χ2n) is 5.62. The normalized spacial score (nSPS) is 17.2. The molecule has 0 spiro atoms. The van der Waals surface area contributed by atoms with Gasteiger partial charge < -0.3 is 10.6 Å². The number of carbonyl (C=O) groups is 2. The van der Waals surface area contributed by atoms with Crippen LogP contribution in [0.3, 0.4) is 0 Å². The van der Waals surface area contributed by atoms with E-state index in [1.54, 1.807) is 24.3 Å². The van der Waals surface area contributed by atoms with E-state index in [4.69, 9.17) is 17.3 Å². The minimum absolute atomic E-state index is 0.00475. The SMILES string of the molecule is NC(=O)C[C@H]1CCN(C(=O)n2nnn(-c3cccc(Cl)c3)c2=O)C1. The Bertz CT molecular complexity index is 845. The molecule has 1 aromatic carbocycles. The number of likely N-dealkylation sites (tertiary alicyclic amines) is 1. The van der Waals surface area contributed by atoms with Crippen LogP contribution in [0.2, 0.25) is 5.02 Å². The summed E-state index contributed by atoms with van der Waals surface area (Å²) in [7, 11) is 0. The fourth-order valence-corrected chi connectivity index (χ4v) is 2.91. The molecule has 2 aromatic rings. The number of halogens is 1. The van der Waals surface area contributed by atoms with Gasteiger partial charge in [-0.1, -0.05) is 17.7 Å². The van der Waals surface area contributed by atoms with E-state index >= 15 is 0 Å². The molecule has 2 amide bonds. The second kappa shape index (κ2) is 6.44. The lowest BCUT2D eigenvalue weighted by atomic mass is 10.1. The van der Waals surface area contributed by atoms with Crippen molar-refractivity contribution in [2.75, 3.05) is 13.1 Å². The molecule has 24 heavy (non-hydrogen) atoms. The van der Waals surface area contributed by atoms with Gasteiger partial charge in [-0.15, -0.1) is 4.68 Å². The van der Waals surface area contributed by atoms with E-state index in [0.717, 1.165) is 4.68 Å². The highest BCUT2D eigenvalue weighted by Crippen LogP contribution is 2.19. The Labute approximate surface area is 141 Å². The van der Waals surface area contributed by atoms with Gasteiger partial charge in [0.15, 0.2) is 0 Å². The molecule has 0 aliphatic carbocycles. The van der Waals surface area contributed by atoms with E-state index in [-0.39, 0.29) is 12.3 Å². The topological polar surface area (TPSA) is 116 Å². The number of amides is 2. The molecule has 0 radical (unpaired) electrons. The number of hydrogen-bond donors (Lipinski definition) is 1. The van der Waals surface area contributed by atoms with Gasteiger partial charge in [-0.3, -0.25) is 4.79 Å². The summed E-state index contributed by atoms with van der Waals surface area (Å²) in [6.07, 6.45) is 0.875. The zero-order valence-electron chi connectivity index (χ0n) is 12.6. The zero-order chi connectivity index (χ0) is 17.3. The van der Waals surface area contributed by atoms with Crippen LogP contribution >= 0.6 is 11.6 Å². The highest BCUT2D eigenvalue weighted by Gasteiger charge is 2.30. The molecule has 2 N–H and O–H groups in total. The summed E-state index contributed by atoms with van der Waals surface area (Å²) in [5.74, 6) is -0.400. The van der Waals surface area contributed by atoms with E-state index in [2.05, 4.69) is 10.4 Å². The first-order valence-electron chi connectivity index (χ1n) is 7.34. The summed E-state index contributed by atoms with van der Waals surface area (Å²) >= 11 is 5.89. The summed E-state index contributed by atoms with van der Waals surface area (Å²) in [5.41, 5.74) is 4.91. The number of aromatic nitrogens is 4. The average Bonchev–Trinajstić information content (AvgIpc) is 3.13. The van der Waals surface area contributed by atoms with Crippen LogP contribution < -0.4 is 11.4 Å². The molecule has 1 saturated heterocycles. The highest BCUT2D eigenvalue weighted by molar-refractivity contribution is 6.30. The summed E-state index contributed by atoms with van der Waals surface area (Å²) in [5, 5.41) is 7.81. The molecule has 126 valence electrons. The van der Waals surface area contributed by atoms with E-state index in [1.165, 1.54) is 4.90 Å². The van der Waals surface area contributed by atoms with Crippen LogP contribution in [0, 0.1) is 5.92 Å². The first-order valence-corrected chi connectivity index (χ1v) is 7.72. The number of rotatable bonds is 3. The lowest BCUT2D eigenvalue weighted by Crippen LogP contribution is -2.40. The van der Waals surface area contributed by atoms with Crippen molar-refractivity contribution in [3.63, 3.8) is 0 Å². The van der Waals surface area contributed by atoms with Gasteiger partial charge in [-0.05, 0) is 41.0 Å². The number of benzene rings is 1. The first kappa shape index (κ1) is 16.2. The summed E-state index contributed by atoms with van der Waals surface area (Å²) < 4.78 is 1.70. The Hall–Kier alpha value is -2.68. The average molecular weight is 351 g/mol. The van der Waals surface area contributed by atoms with Crippen molar-refractivity contribution in [2.24, 2.45) is 11.7 Å². The lowest BCUT2D eigenvalue weighted by Gasteiger charge is -2.14. The van der Waals surface area contributed by atoms with E-state index in [9.17, 15) is 14.4 Å². The molecule has 3 rings (SSSR count). The smallest absolute Gasteiger partial charge is 0.370 e. The van der Waals surface area contributed by atoms with Crippen LogP contribution in [0.15, 0.2) is 29.1 Å². The summed E-state index contributed by atoms with van der Waals surface area (Å²) in [4.78, 5) is 37.3. The van der Waals surface area contributed by atoms with Gasteiger partial charge in [0.05, 0.1) is 5.69 Å². The third-order valence-electron chi connectivity index (χ3n) is 3.86. The van der Waals surface area contributed by atoms with Gasteiger partial charge in [0.25, 0.3) is 0 Å². The number of hydrogen-bond acceptors (Lipinski definition) is 5. The Kier molecular flexibility index (Phi) is 4.34. The molecule has 1 aromatic heterocycles. The van der Waals surface area contributed by atoms with Crippen LogP contribution in [-0.4, -0.2) is 49.7 Å². The Morgan fingerprint density at radius 1 is 1.33 bits per heavy atom. The quantitative estimate of drug-likeness (QED) is 0.796. The highest BCUT2D eigenvalue weighted by atomic mass is 35.5. The van der Waals surface area contributed by atoms with Crippen molar-refractivity contribution < 1.29 is 9.59 Å². The van der Waals surface area contributed by atoms with Crippen LogP contribution in [0.5, 0.6) is 0 Å². The van der Waals surface area contributed by atoms with Crippen molar-refractivity contribution in [2.45, 2.75) is 12.8 Å². The minimum Gasteiger partial charge on any atom is -0.370 e. The fourth-order valence-electron chi connectivity index (χ4n) is 2.73. The van der Waals surface area contributed by atoms with Gasteiger partial charge in [-0.2, -0.15) is 4.68 Å². The van der Waals surface area contributed by atoms with Crippen LogP contribution in [0.25, 0.3) is 5.69 Å². The molecule has 0 bridgehead atoms. The number of carbonyl (C=O) groups excluding carboxylic acids is 2. The molecular formula is C14H15ClN6O3. The predicted molar refractivity (Wildman–Crippen MR) is 84.9 cm³/mol. The van der Waals surface area contributed by atoms with Gasteiger partial charge in [0, 0.05) is 24.5 Å². The van der Waals surface area contributed by atoms with Crippen molar-refractivity contribution in [1.29, 1.82) is 0 Å². The van der Waals surface area contributed by atoms with Crippen molar-refractivity contribution in [3.05, 3.63) is 39.8 Å². The number of tetrazole rings is 1. The number of primary amides is 1. The zero-order valence-corrected chi connectivity index (χ0v) is 13.4. The molecule has 1 aliphatic heterocycles. The molecule has 1 atom stereocenters. The monoisotopic (exact) mass is 350 g/mol. The second-order valence-corrected chi connectivity index (χ2v) is 6.06. The molecule has 10 heteroatoms. The van der Waals surface area contributed by atoms with Crippen molar-refractivity contribution >= 4 is 23.5 Å². The summed E-state index contributed by atoms with van der Waals surface area (Å²) in [6.45, 7) is 0.797. The number of nitrogens with two attached hydrogens (primary N) is 1. The standard InChI is InChI=1S/C14H15ClN6O3/c15-10-2-1-3-11(7-10)20-14(24)21(18-17-20)13(23)19-5-4-9(8-19)6-12(16)22/h1-3,7,9H,4-6,8H2,(H2,16,22)/t9-/m1/s1. The van der Waals surface area contributed by atoms with E-state index in [1.807, 2.05) is 0 Å². The lowest BCUT2D eigenvalue weighted by molar-refractivity contribution is -0.118. The maximum Gasteiger partial charge on any atom is 0.377 e.